The Bertz CT molecular complexity index is 491. The predicted octanol–water partition coefficient (Wildman–Crippen LogP) is 2.83. The minimum absolute atomic E-state index is 0.370. The van der Waals surface area contributed by atoms with Crippen molar-refractivity contribution >= 4 is 9.84 Å². The summed E-state index contributed by atoms with van der Waals surface area (Å²) >= 11 is 0. The lowest BCUT2D eigenvalue weighted by atomic mass is 9.83. The fourth-order valence-electron chi connectivity index (χ4n) is 2.64. The maximum Gasteiger partial charge on any atom is 0.175 e. The Morgan fingerprint density at radius 2 is 1.63 bits per heavy atom. The predicted molar refractivity (Wildman–Crippen MR) is 80.3 cm³/mol. The third kappa shape index (κ3) is 4.32. The van der Waals surface area contributed by atoms with Crippen LogP contribution in [0.25, 0.3) is 0 Å². The van der Waals surface area contributed by atoms with Crippen LogP contribution in [0.4, 0.5) is 0 Å². The normalized spacial score (nSPS) is 15.5. The van der Waals surface area contributed by atoms with Gasteiger partial charge in [-0.1, -0.05) is 32.9 Å². The summed E-state index contributed by atoms with van der Waals surface area (Å²) in [4.78, 5) is 0.384. The molecular formula is C15H25NO2S. The van der Waals surface area contributed by atoms with Crippen LogP contribution in [0.5, 0.6) is 0 Å². The summed E-state index contributed by atoms with van der Waals surface area (Å²) in [6.45, 7) is 9.61. The molecule has 0 heterocycles. The quantitative estimate of drug-likeness (QED) is 0.873. The molecule has 1 rings (SSSR count). The van der Waals surface area contributed by atoms with Crippen molar-refractivity contribution in [3.8, 4) is 0 Å². The van der Waals surface area contributed by atoms with Crippen LogP contribution in [0.3, 0.4) is 0 Å². The topological polar surface area (TPSA) is 46.2 Å². The molecule has 4 heteroatoms. The molecule has 0 saturated carbocycles. The van der Waals surface area contributed by atoms with Gasteiger partial charge in [0, 0.05) is 18.2 Å². The van der Waals surface area contributed by atoms with E-state index in [0.717, 1.165) is 6.54 Å². The number of hydrogen-bond donors (Lipinski definition) is 1. The molecule has 0 saturated heterocycles. The SMILES string of the molecule is CCNC(C)C(c1ccc(S(C)(=O)=O)cc1)C(C)C. The second kappa shape index (κ2) is 6.53. The summed E-state index contributed by atoms with van der Waals surface area (Å²) in [6, 6.07) is 7.66. The average Bonchev–Trinajstić information content (AvgIpc) is 2.28. The number of sulfone groups is 1. The summed E-state index contributed by atoms with van der Waals surface area (Å²) in [5, 5.41) is 3.45. The lowest BCUT2D eigenvalue weighted by molar-refractivity contribution is 0.383. The van der Waals surface area contributed by atoms with Crippen molar-refractivity contribution in [2.45, 2.75) is 44.6 Å². The van der Waals surface area contributed by atoms with Gasteiger partial charge in [-0.05, 0) is 37.1 Å². The van der Waals surface area contributed by atoms with Crippen molar-refractivity contribution in [3.63, 3.8) is 0 Å². The number of benzene rings is 1. The highest BCUT2D eigenvalue weighted by Gasteiger charge is 2.22. The Kier molecular flexibility index (Phi) is 5.56. The van der Waals surface area contributed by atoms with Crippen LogP contribution in [0.15, 0.2) is 29.2 Å². The van der Waals surface area contributed by atoms with Gasteiger partial charge in [-0.15, -0.1) is 0 Å². The Morgan fingerprint density at radius 1 is 1.11 bits per heavy atom. The van der Waals surface area contributed by atoms with E-state index in [9.17, 15) is 8.42 Å². The van der Waals surface area contributed by atoms with Gasteiger partial charge in [-0.2, -0.15) is 0 Å². The lowest BCUT2D eigenvalue weighted by Crippen LogP contribution is -2.34. The van der Waals surface area contributed by atoms with Crippen molar-refractivity contribution in [2.75, 3.05) is 12.8 Å². The first-order chi connectivity index (χ1) is 8.77. The Labute approximate surface area is 117 Å². The van der Waals surface area contributed by atoms with Gasteiger partial charge in [0.1, 0.15) is 0 Å². The van der Waals surface area contributed by atoms with Gasteiger partial charge in [-0.3, -0.25) is 0 Å². The van der Waals surface area contributed by atoms with Gasteiger partial charge in [-0.25, -0.2) is 8.42 Å². The molecular weight excluding hydrogens is 258 g/mol. The number of nitrogens with one attached hydrogen (secondary N) is 1. The van der Waals surface area contributed by atoms with Crippen molar-refractivity contribution in [1.29, 1.82) is 0 Å². The third-order valence-corrected chi connectivity index (χ3v) is 4.60. The molecule has 0 aliphatic rings. The first-order valence-electron chi connectivity index (χ1n) is 6.80. The molecule has 108 valence electrons. The van der Waals surface area contributed by atoms with Gasteiger partial charge in [0.25, 0.3) is 0 Å². The van der Waals surface area contributed by atoms with Crippen molar-refractivity contribution < 1.29 is 8.42 Å². The van der Waals surface area contributed by atoms with Crippen molar-refractivity contribution in [2.24, 2.45) is 5.92 Å². The van der Waals surface area contributed by atoms with Crippen LogP contribution < -0.4 is 5.32 Å². The average molecular weight is 283 g/mol. The largest absolute Gasteiger partial charge is 0.314 e. The molecule has 1 aromatic rings. The second-order valence-electron chi connectivity index (χ2n) is 5.46. The van der Waals surface area contributed by atoms with Gasteiger partial charge in [0.05, 0.1) is 4.90 Å². The van der Waals surface area contributed by atoms with Crippen LogP contribution in [0.1, 0.15) is 39.2 Å². The summed E-state index contributed by atoms with van der Waals surface area (Å²) in [7, 11) is -3.11. The summed E-state index contributed by atoms with van der Waals surface area (Å²) in [5.41, 5.74) is 1.19. The highest BCUT2D eigenvalue weighted by molar-refractivity contribution is 7.90. The van der Waals surface area contributed by atoms with E-state index in [0.29, 0.717) is 22.8 Å². The van der Waals surface area contributed by atoms with Gasteiger partial charge in [0.15, 0.2) is 9.84 Å². The summed E-state index contributed by atoms with van der Waals surface area (Å²) in [6.07, 6.45) is 1.24. The first kappa shape index (κ1) is 16.2. The van der Waals surface area contributed by atoms with E-state index in [4.69, 9.17) is 0 Å². The zero-order valence-corrected chi connectivity index (χ0v) is 13.3. The highest BCUT2D eigenvalue weighted by Crippen LogP contribution is 2.28. The van der Waals surface area contributed by atoms with Gasteiger partial charge >= 0.3 is 0 Å². The maximum absolute atomic E-state index is 11.5. The smallest absolute Gasteiger partial charge is 0.175 e. The summed E-state index contributed by atoms with van der Waals surface area (Å²) < 4.78 is 22.9. The molecule has 0 aliphatic carbocycles. The van der Waals surface area contributed by atoms with E-state index in [1.807, 2.05) is 12.1 Å². The van der Waals surface area contributed by atoms with Gasteiger partial charge in [0.2, 0.25) is 0 Å². The number of hydrogen-bond acceptors (Lipinski definition) is 3. The van der Waals surface area contributed by atoms with Crippen LogP contribution in [-0.2, 0) is 9.84 Å². The van der Waals surface area contributed by atoms with Crippen LogP contribution in [0, 0.1) is 5.92 Å². The summed E-state index contributed by atoms with van der Waals surface area (Å²) in [5.74, 6) is 0.881. The second-order valence-corrected chi connectivity index (χ2v) is 7.47. The van der Waals surface area contributed by atoms with Crippen LogP contribution >= 0.6 is 0 Å². The van der Waals surface area contributed by atoms with E-state index in [2.05, 4.69) is 33.0 Å². The molecule has 19 heavy (non-hydrogen) atoms. The Balaban J connectivity index is 3.05. The first-order valence-corrected chi connectivity index (χ1v) is 8.70. The van der Waals surface area contributed by atoms with E-state index < -0.39 is 9.84 Å². The Hall–Kier alpha value is -0.870. The molecule has 1 aromatic carbocycles. The monoisotopic (exact) mass is 283 g/mol. The van der Waals surface area contributed by atoms with E-state index in [-0.39, 0.29) is 0 Å². The van der Waals surface area contributed by atoms with Crippen LogP contribution in [-0.4, -0.2) is 27.3 Å². The molecule has 2 atom stereocenters. The van der Waals surface area contributed by atoms with E-state index >= 15 is 0 Å². The minimum atomic E-state index is -3.11. The molecule has 0 spiro atoms. The minimum Gasteiger partial charge on any atom is -0.314 e. The molecule has 2 unspecified atom stereocenters. The van der Waals surface area contributed by atoms with E-state index in [1.54, 1.807) is 12.1 Å². The van der Waals surface area contributed by atoms with Crippen molar-refractivity contribution in [3.05, 3.63) is 29.8 Å². The van der Waals surface area contributed by atoms with E-state index in [1.165, 1.54) is 11.8 Å². The molecule has 0 fully saturated rings. The lowest BCUT2D eigenvalue weighted by Gasteiger charge is -2.28. The van der Waals surface area contributed by atoms with Gasteiger partial charge < -0.3 is 5.32 Å². The molecule has 1 N–H and O–H groups in total. The molecule has 0 radical (unpaired) electrons. The van der Waals surface area contributed by atoms with Crippen molar-refractivity contribution in [1.82, 2.24) is 5.32 Å². The standard InChI is InChI=1S/C15H25NO2S/c1-6-16-12(4)15(11(2)3)13-7-9-14(10-8-13)19(5,17)18/h7-12,15-16H,6H2,1-5H3. The third-order valence-electron chi connectivity index (χ3n) is 3.48. The molecule has 0 bridgehead atoms. The highest BCUT2D eigenvalue weighted by atomic mass is 32.2. The fraction of sp³-hybridized carbons (Fsp3) is 0.600. The fourth-order valence-corrected chi connectivity index (χ4v) is 3.27. The van der Waals surface area contributed by atoms with Crippen LogP contribution in [0.2, 0.25) is 0 Å². The number of rotatable bonds is 6. The Morgan fingerprint density at radius 3 is 2.00 bits per heavy atom. The maximum atomic E-state index is 11.5. The number of likely N-dealkylation sites (N-methyl/N-ethyl adjacent to an activating group) is 1. The zero-order chi connectivity index (χ0) is 14.6. The molecule has 0 aromatic heterocycles. The zero-order valence-electron chi connectivity index (χ0n) is 12.5. The molecule has 0 amide bonds. The molecule has 0 aliphatic heterocycles. The molecule has 3 nitrogen and oxygen atoms in total.